The van der Waals surface area contributed by atoms with Crippen LogP contribution in [0, 0.1) is 5.82 Å². The number of rotatable bonds is 7. The number of hydrogen-bond acceptors (Lipinski definition) is 4. The minimum absolute atomic E-state index is 0.227. The van der Waals surface area contributed by atoms with Crippen LogP contribution in [0.4, 0.5) is 15.8 Å². The molecule has 0 spiro atoms. The number of aliphatic hydroxyl groups is 1. The molecule has 3 nitrogen and oxygen atoms in total. The lowest BCUT2D eigenvalue weighted by Gasteiger charge is -2.10. The van der Waals surface area contributed by atoms with E-state index in [9.17, 15) is 4.39 Å². The Hall–Kier alpha value is -0.460. The summed E-state index contributed by atoms with van der Waals surface area (Å²) in [5, 5.41) is 11.7. The molecule has 1 aromatic rings. The number of nitrogens with one attached hydrogen (secondary N) is 1. The van der Waals surface area contributed by atoms with E-state index in [0.29, 0.717) is 15.8 Å². The SMILES string of the molecule is Nc1cc(Br)c(F)cc1NCCSCCCO. The monoisotopic (exact) mass is 322 g/mol. The first kappa shape index (κ1) is 14.6. The summed E-state index contributed by atoms with van der Waals surface area (Å²) < 4.78 is 13.6. The summed E-state index contributed by atoms with van der Waals surface area (Å²) in [5.74, 6) is 1.51. The molecule has 0 amide bonds. The van der Waals surface area contributed by atoms with Crippen molar-refractivity contribution in [2.45, 2.75) is 6.42 Å². The normalized spacial score (nSPS) is 10.5. The Morgan fingerprint density at radius 3 is 2.88 bits per heavy atom. The number of aliphatic hydroxyl groups excluding tert-OH is 1. The van der Waals surface area contributed by atoms with E-state index < -0.39 is 0 Å². The molecule has 0 saturated heterocycles. The lowest BCUT2D eigenvalue weighted by atomic mass is 10.2. The fourth-order valence-corrected chi connectivity index (χ4v) is 2.39. The van der Waals surface area contributed by atoms with Gasteiger partial charge in [-0.1, -0.05) is 0 Å². The van der Waals surface area contributed by atoms with Crippen molar-refractivity contribution in [3.8, 4) is 0 Å². The molecule has 1 aromatic carbocycles. The summed E-state index contributed by atoms with van der Waals surface area (Å²) in [6, 6.07) is 2.94. The molecule has 0 aromatic heterocycles. The third-order valence-corrected chi connectivity index (χ3v) is 3.78. The highest BCUT2D eigenvalue weighted by atomic mass is 79.9. The molecule has 0 heterocycles. The molecule has 17 heavy (non-hydrogen) atoms. The second-order valence-electron chi connectivity index (χ2n) is 3.47. The summed E-state index contributed by atoms with van der Waals surface area (Å²) in [7, 11) is 0. The number of halogens is 2. The van der Waals surface area contributed by atoms with E-state index in [2.05, 4.69) is 21.2 Å². The average Bonchev–Trinajstić information content (AvgIpc) is 2.30. The van der Waals surface area contributed by atoms with Crippen molar-refractivity contribution in [2.75, 3.05) is 35.7 Å². The highest BCUT2D eigenvalue weighted by Crippen LogP contribution is 2.26. The standard InChI is InChI=1S/C11H16BrFN2OS/c12-8-6-10(14)11(7-9(8)13)15-2-5-17-4-1-3-16/h6-7,15-16H,1-5,14H2. The van der Waals surface area contributed by atoms with Gasteiger partial charge in [-0.05, 0) is 34.2 Å². The summed E-state index contributed by atoms with van der Waals surface area (Å²) in [5.41, 5.74) is 6.90. The van der Waals surface area contributed by atoms with E-state index in [4.69, 9.17) is 10.8 Å². The highest BCUT2D eigenvalue weighted by Gasteiger charge is 2.05. The van der Waals surface area contributed by atoms with Gasteiger partial charge in [0.25, 0.3) is 0 Å². The van der Waals surface area contributed by atoms with Crippen molar-refractivity contribution in [2.24, 2.45) is 0 Å². The second-order valence-corrected chi connectivity index (χ2v) is 5.55. The second kappa shape index (κ2) is 7.79. The molecule has 0 unspecified atom stereocenters. The van der Waals surface area contributed by atoms with Gasteiger partial charge in [0.05, 0.1) is 15.8 Å². The summed E-state index contributed by atoms with van der Waals surface area (Å²) >= 11 is 4.82. The first-order chi connectivity index (χ1) is 8.15. The summed E-state index contributed by atoms with van der Waals surface area (Å²) in [4.78, 5) is 0. The van der Waals surface area contributed by atoms with Gasteiger partial charge in [0, 0.05) is 25.0 Å². The van der Waals surface area contributed by atoms with Gasteiger partial charge >= 0.3 is 0 Å². The van der Waals surface area contributed by atoms with E-state index in [-0.39, 0.29) is 12.4 Å². The van der Waals surface area contributed by atoms with Crippen molar-refractivity contribution in [3.05, 3.63) is 22.4 Å². The third kappa shape index (κ3) is 5.14. The van der Waals surface area contributed by atoms with E-state index in [1.807, 2.05) is 0 Å². The average molecular weight is 323 g/mol. The predicted octanol–water partition coefficient (Wildman–Crippen LogP) is 2.70. The summed E-state index contributed by atoms with van der Waals surface area (Å²) in [6.07, 6.45) is 0.805. The Morgan fingerprint density at radius 2 is 2.18 bits per heavy atom. The molecule has 0 aliphatic heterocycles. The van der Waals surface area contributed by atoms with Gasteiger partial charge in [0.1, 0.15) is 5.82 Å². The fraction of sp³-hybridized carbons (Fsp3) is 0.455. The van der Waals surface area contributed by atoms with Crippen molar-refractivity contribution in [1.82, 2.24) is 0 Å². The molecule has 0 aliphatic carbocycles. The molecule has 0 radical (unpaired) electrons. The molecule has 0 saturated carbocycles. The van der Waals surface area contributed by atoms with Crippen molar-refractivity contribution >= 4 is 39.1 Å². The van der Waals surface area contributed by atoms with Gasteiger partial charge in [-0.25, -0.2) is 4.39 Å². The number of nitrogens with two attached hydrogens (primary N) is 1. The Kier molecular flexibility index (Phi) is 6.69. The van der Waals surface area contributed by atoms with E-state index in [1.54, 1.807) is 17.8 Å². The largest absolute Gasteiger partial charge is 0.397 e. The smallest absolute Gasteiger partial charge is 0.139 e. The number of benzene rings is 1. The lowest BCUT2D eigenvalue weighted by molar-refractivity contribution is 0.296. The number of nitrogen functional groups attached to an aromatic ring is 1. The topological polar surface area (TPSA) is 58.3 Å². The van der Waals surface area contributed by atoms with Crippen molar-refractivity contribution in [1.29, 1.82) is 0 Å². The molecule has 96 valence electrons. The molecule has 0 fully saturated rings. The molecule has 4 N–H and O–H groups in total. The predicted molar refractivity (Wildman–Crippen MR) is 76.0 cm³/mol. The number of thioether (sulfide) groups is 1. The van der Waals surface area contributed by atoms with Crippen LogP contribution in [0.1, 0.15) is 6.42 Å². The van der Waals surface area contributed by atoms with Gasteiger partial charge in [-0.3, -0.25) is 0 Å². The van der Waals surface area contributed by atoms with E-state index >= 15 is 0 Å². The zero-order valence-corrected chi connectivity index (χ0v) is 11.8. The molecule has 0 aliphatic rings. The van der Waals surface area contributed by atoms with Crippen LogP contribution >= 0.6 is 27.7 Å². The molecular formula is C11H16BrFN2OS. The van der Waals surface area contributed by atoms with Gasteiger partial charge in [-0.15, -0.1) is 0 Å². The third-order valence-electron chi connectivity index (χ3n) is 2.10. The van der Waals surface area contributed by atoms with Crippen LogP contribution in [0.15, 0.2) is 16.6 Å². The first-order valence-corrected chi connectivity index (χ1v) is 7.27. The Labute approximate surface area is 113 Å². The van der Waals surface area contributed by atoms with Gasteiger partial charge in [0.2, 0.25) is 0 Å². The van der Waals surface area contributed by atoms with Crippen molar-refractivity contribution < 1.29 is 9.50 Å². The maximum atomic E-state index is 13.3. The first-order valence-electron chi connectivity index (χ1n) is 5.32. The van der Waals surface area contributed by atoms with Crippen LogP contribution in [0.5, 0.6) is 0 Å². The fourth-order valence-electron chi connectivity index (χ4n) is 1.24. The lowest BCUT2D eigenvalue weighted by Crippen LogP contribution is -2.07. The molecule has 0 bridgehead atoms. The van der Waals surface area contributed by atoms with Crippen LogP contribution in [0.3, 0.4) is 0 Å². The van der Waals surface area contributed by atoms with Crippen LogP contribution < -0.4 is 11.1 Å². The van der Waals surface area contributed by atoms with Crippen LogP contribution in [0.2, 0.25) is 0 Å². The zero-order chi connectivity index (χ0) is 12.7. The zero-order valence-electron chi connectivity index (χ0n) is 9.38. The molecule has 0 atom stereocenters. The maximum Gasteiger partial charge on any atom is 0.139 e. The van der Waals surface area contributed by atoms with Crippen molar-refractivity contribution in [3.63, 3.8) is 0 Å². The Bertz CT molecular complexity index is 366. The Morgan fingerprint density at radius 1 is 1.41 bits per heavy atom. The van der Waals surface area contributed by atoms with Gasteiger partial charge < -0.3 is 16.2 Å². The van der Waals surface area contributed by atoms with Gasteiger partial charge in [0.15, 0.2) is 0 Å². The highest BCUT2D eigenvalue weighted by molar-refractivity contribution is 9.10. The van der Waals surface area contributed by atoms with Crippen LogP contribution in [-0.4, -0.2) is 29.8 Å². The van der Waals surface area contributed by atoms with E-state index in [1.165, 1.54) is 6.07 Å². The Balaban J connectivity index is 2.34. The quantitative estimate of drug-likeness (QED) is 0.533. The minimum Gasteiger partial charge on any atom is -0.397 e. The maximum absolute atomic E-state index is 13.3. The van der Waals surface area contributed by atoms with Gasteiger partial charge in [-0.2, -0.15) is 11.8 Å². The molecular weight excluding hydrogens is 307 g/mol. The molecule has 1 rings (SSSR count). The number of hydrogen-bond donors (Lipinski definition) is 3. The number of anilines is 2. The van der Waals surface area contributed by atoms with E-state index in [0.717, 1.165) is 24.5 Å². The molecule has 6 heteroatoms. The van der Waals surface area contributed by atoms with Crippen LogP contribution in [0.25, 0.3) is 0 Å². The minimum atomic E-state index is -0.324. The van der Waals surface area contributed by atoms with Crippen LogP contribution in [-0.2, 0) is 0 Å². The summed E-state index contributed by atoms with van der Waals surface area (Å²) in [6.45, 7) is 0.951.